The Morgan fingerprint density at radius 2 is 1.72 bits per heavy atom. The van der Waals surface area contributed by atoms with Gasteiger partial charge in [-0.3, -0.25) is 0 Å². The highest BCUT2D eigenvalue weighted by atomic mass is 16.5. The molecule has 2 heterocycles. The lowest BCUT2D eigenvalue weighted by atomic mass is 9.82. The number of hydrogen-bond acceptors (Lipinski definition) is 5. The van der Waals surface area contributed by atoms with Gasteiger partial charge in [0.25, 0.3) is 0 Å². The van der Waals surface area contributed by atoms with Crippen molar-refractivity contribution in [3.63, 3.8) is 0 Å². The van der Waals surface area contributed by atoms with Crippen molar-refractivity contribution in [3.8, 4) is 28.4 Å². The van der Waals surface area contributed by atoms with Crippen LogP contribution in [0, 0.1) is 0 Å². The molecule has 1 N–H and O–H groups in total. The van der Waals surface area contributed by atoms with Crippen LogP contribution in [0.5, 0.6) is 17.2 Å². The largest absolute Gasteiger partial charge is 0.497 e. The Morgan fingerprint density at radius 1 is 1.04 bits per heavy atom. The number of aliphatic hydroxyl groups is 1. The SMILES string of the molecule is C=CC1(O)c2cc(OC)ccc2Oc2ccc(-c3cncnc3)cc21. The predicted octanol–water partition coefficient (Wildman–Crippen LogP) is 3.68. The highest BCUT2D eigenvalue weighted by Crippen LogP contribution is 2.49. The summed E-state index contributed by atoms with van der Waals surface area (Å²) in [6.45, 7) is 3.84. The number of benzene rings is 2. The molecule has 1 aromatic heterocycles. The Morgan fingerprint density at radius 3 is 2.40 bits per heavy atom. The van der Waals surface area contributed by atoms with Crippen LogP contribution < -0.4 is 9.47 Å². The molecule has 5 heteroatoms. The standard InChI is InChI=1S/C20H16N2O3/c1-3-20(23)16-8-13(14-10-21-12-22-11-14)4-6-18(16)25-19-7-5-15(24-2)9-17(19)20/h3-12,23H,1H2,2H3. The van der Waals surface area contributed by atoms with Crippen LogP contribution in [-0.4, -0.2) is 22.2 Å². The highest BCUT2D eigenvalue weighted by molar-refractivity contribution is 5.68. The van der Waals surface area contributed by atoms with E-state index < -0.39 is 5.60 Å². The maximum atomic E-state index is 11.4. The van der Waals surface area contributed by atoms with Crippen LogP contribution in [-0.2, 0) is 5.60 Å². The smallest absolute Gasteiger partial charge is 0.140 e. The number of aromatic nitrogens is 2. The third-order valence-electron chi connectivity index (χ3n) is 4.40. The third-order valence-corrected chi connectivity index (χ3v) is 4.40. The van der Waals surface area contributed by atoms with Crippen LogP contribution in [0.1, 0.15) is 11.1 Å². The van der Waals surface area contributed by atoms with Crippen molar-refractivity contribution >= 4 is 0 Å². The van der Waals surface area contributed by atoms with Gasteiger partial charge in [0.2, 0.25) is 0 Å². The van der Waals surface area contributed by atoms with E-state index >= 15 is 0 Å². The van der Waals surface area contributed by atoms with E-state index in [0.29, 0.717) is 28.4 Å². The molecule has 0 fully saturated rings. The first-order valence-electron chi connectivity index (χ1n) is 7.78. The van der Waals surface area contributed by atoms with E-state index in [1.165, 1.54) is 12.4 Å². The van der Waals surface area contributed by atoms with Crippen LogP contribution in [0.25, 0.3) is 11.1 Å². The van der Waals surface area contributed by atoms with E-state index in [4.69, 9.17) is 9.47 Å². The minimum atomic E-state index is -1.39. The molecule has 5 nitrogen and oxygen atoms in total. The van der Waals surface area contributed by atoms with E-state index in [1.807, 2.05) is 18.2 Å². The summed E-state index contributed by atoms with van der Waals surface area (Å²) in [4.78, 5) is 8.09. The molecule has 2 aromatic carbocycles. The second-order valence-corrected chi connectivity index (χ2v) is 5.77. The van der Waals surface area contributed by atoms with E-state index in [0.717, 1.165) is 11.1 Å². The second-order valence-electron chi connectivity index (χ2n) is 5.77. The van der Waals surface area contributed by atoms with Gasteiger partial charge in [0, 0.05) is 29.1 Å². The molecule has 124 valence electrons. The molecule has 1 aliphatic heterocycles. The zero-order valence-corrected chi connectivity index (χ0v) is 13.6. The fourth-order valence-corrected chi connectivity index (χ4v) is 3.05. The van der Waals surface area contributed by atoms with Gasteiger partial charge in [0.05, 0.1) is 7.11 Å². The molecule has 0 radical (unpaired) electrons. The summed E-state index contributed by atoms with van der Waals surface area (Å²) in [6.07, 6.45) is 6.44. The van der Waals surface area contributed by atoms with E-state index in [-0.39, 0.29) is 0 Å². The first-order chi connectivity index (χ1) is 12.2. The van der Waals surface area contributed by atoms with Crippen LogP contribution in [0.2, 0.25) is 0 Å². The van der Waals surface area contributed by atoms with Gasteiger partial charge in [0.1, 0.15) is 29.2 Å². The number of rotatable bonds is 3. The average molecular weight is 332 g/mol. The van der Waals surface area contributed by atoms with Gasteiger partial charge >= 0.3 is 0 Å². The molecule has 1 atom stereocenters. The zero-order chi connectivity index (χ0) is 17.4. The number of methoxy groups -OCH3 is 1. The second kappa shape index (κ2) is 5.72. The van der Waals surface area contributed by atoms with Crippen molar-refractivity contribution in [1.29, 1.82) is 0 Å². The lowest BCUT2D eigenvalue weighted by molar-refractivity contribution is 0.121. The fourth-order valence-electron chi connectivity index (χ4n) is 3.05. The van der Waals surface area contributed by atoms with E-state index in [2.05, 4.69) is 16.5 Å². The fraction of sp³-hybridized carbons (Fsp3) is 0.100. The van der Waals surface area contributed by atoms with Crippen LogP contribution in [0.3, 0.4) is 0 Å². The zero-order valence-electron chi connectivity index (χ0n) is 13.6. The van der Waals surface area contributed by atoms with Gasteiger partial charge in [-0.15, -0.1) is 0 Å². The molecule has 1 unspecified atom stereocenters. The molecule has 0 saturated carbocycles. The highest BCUT2D eigenvalue weighted by Gasteiger charge is 2.38. The normalized spacial score (nSPS) is 17.8. The van der Waals surface area contributed by atoms with Gasteiger partial charge in [-0.05, 0) is 35.9 Å². The monoisotopic (exact) mass is 332 g/mol. The Balaban J connectivity index is 1.91. The van der Waals surface area contributed by atoms with Crippen molar-refractivity contribution < 1.29 is 14.6 Å². The molecule has 3 aromatic rings. The van der Waals surface area contributed by atoms with E-state index in [1.54, 1.807) is 37.7 Å². The van der Waals surface area contributed by atoms with Gasteiger partial charge in [-0.2, -0.15) is 0 Å². The Kier molecular flexibility index (Phi) is 3.51. The summed E-state index contributed by atoms with van der Waals surface area (Å²) in [5.41, 5.74) is 1.56. The molecular formula is C20H16N2O3. The van der Waals surface area contributed by atoms with E-state index in [9.17, 15) is 5.11 Å². The molecular weight excluding hydrogens is 316 g/mol. The molecule has 0 saturated heterocycles. The average Bonchev–Trinajstić information content (AvgIpc) is 2.68. The molecule has 0 spiro atoms. The van der Waals surface area contributed by atoms with Gasteiger partial charge < -0.3 is 14.6 Å². The molecule has 0 amide bonds. The number of ether oxygens (including phenoxy) is 2. The quantitative estimate of drug-likeness (QED) is 0.741. The van der Waals surface area contributed by atoms with Crippen LogP contribution in [0.15, 0.2) is 67.8 Å². The first-order valence-corrected chi connectivity index (χ1v) is 7.78. The summed E-state index contributed by atoms with van der Waals surface area (Å²) >= 11 is 0. The van der Waals surface area contributed by atoms with Crippen molar-refractivity contribution in [3.05, 3.63) is 78.9 Å². The molecule has 4 rings (SSSR count). The van der Waals surface area contributed by atoms with Gasteiger partial charge in [-0.1, -0.05) is 18.7 Å². The summed E-state index contributed by atoms with van der Waals surface area (Å²) in [7, 11) is 1.58. The van der Waals surface area contributed by atoms with Crippen molar-refractivity contribution in [2.24, 2.45) is 0 Å². The summed E-state index contributed by atoms with van der Waals surface area (Å²) in [5.74, 6) is 1.80. The first kappa shape index (κ1) is 15.4. The lowest BCUT2D eigenvalue weighted by Gasteiger charge is -2.34. The number of nitrogens with zero attached hydrogens (tertiary/aromatic N) is 2. The molecule has 25 heavy (non-hydrogen) atoms. The summed E-state index contributed by atoms with van der Waals surface area (Å²) < 4.78 is 11.3. The number of fused-ring (bicyclic) bond motifs is 2. The third kappa shape index (κ3) is 2.37. The molecule has 0 bridgehead atoms. The van der Waals surface area contributed by atoms with Crippen LogP contribution in [0.4, 0.5) is 0 Å². The Labute approximate surface area is 145 Å². The minimum absolute atomic E-state index is 0.575. The maximum Gasteiger partial charge on any atom is 0.140 e. The summed E-state index contributed by atoms with van der Waals surface area (Å²) in [6, 6.07) is 11.0. The maximum absolute atomic E-state index is 11.4. The topological polar surface area (TPSA) is 64.5 Å². The van der Waals surface area contributed by atoms with Crippen molar-refractivity contribution in [2.75, 3.05) is 7.11 Å². The predicted molar refractivity (Wildman–Crippen MR) is 93.7 cm³/mol. The van der Waals surface area contributed by atoms with Crippen LogP contribution >= 0.6 is 0 Å². The molecule has 0 aliphatic carbocycles. The number of hydrogen-bond donors (Lipinski definition) is 1. The minimum Gasteiger partial charge on any atom is -0.497 e. The Bertz CT molecular complexity index is 956. The summed E-state index contributed by atoms with van der Waals surface area (Å²) in [5, 5.41) is 11.4. The molecule has 1 aliphatic rings. The van der Waals surface area contributed by atoms with Gasteiger partial charge in [-0.25, -0.2) is 9.97 Å². The van der Waals surface area contributed by atoms with Crippen molar-refractivity contribution in [2.45, 2.75) is 5.60 Å². The lowest BCUT2D eigenvalue weighted by Crippen LogP contribution is -2.28. The Hall–Kier alpha value is -3.18. The van der Waals surface area contributed by atoms with Crippen molar-refractivity contribution in [1.82, 2.24) is 9.97 Å². The van der Waals surface area contributed by atoms with Gasteiger partial charge in [0.15, 0.2) is 0 Å².